The van der Waals surface area contributed by atoms with Crippen molar-refractivity contribution in [3.8, 4) is 17.2 Å². The van der Waals surface area contributed by atoms with Crippen LogP contribution in [0, 0.1) is 0 Å². The fraction of sp³-hybridized carbons (Fsp3) is 0.200. The predicted octanol–water partition coefficient (Wildman–Crippen LogP) is 4.78. The molecule has 0 radical (unpaired) electrons. The van der Waals surface area contributed by atoms with Crippen molar-refractivity contribution < 1.29 is 19.0 Å². The molecule has 0 aromatic heterocycles. The van der Waals surface area contributed by atoms with Gasteiger partial charge in [-0.2, -0.15) is 0 Å². The number of benzene rings is 3. The Kier molecular flexibility index (Phi) is 8.92. The maximum Gasteiger partial charge on any atom is 0.257 e. The quantitative estimate of drug-likeness (QED) is 0.426. The van der Waals surface area contributed by atoms with Gasteiger partial charge >= 0.3 is 0 Å². The smallest absolute Gasteiger partial charge is 0.257 e. The molecule has 0 aliphatic heterocycles. The molecule has 6 nitrogen and oxygen atoms in total. The summed E-state index contributed by atoms with van der Waals surface area (Å²) in [6, 6.07) is 20.5. The SMILES string of the molecule is COc1cc(Cl)c(CNC(=S)NC(=O)c2ccc(OCCc3ccccc3)cc2)cc1OC. The number of nitrogens with one attached hydrogen (secondary N) is 2. The van der Waals surface area contributed by atoms with Gasteiger partial charge in [-0.05, 0) is 53.7 Å². The third kappa shape index (κ3) is 7.10. The summed E-state index contributed by atoms with van der Waals surface area (Å²) in [6.07, 6.45) is 0.813. The second-order valence-corrected chi connectivity index (χ2v) is 7.86. The lowest BCUT2D eigenvalue weighted by molar-refractivity contribution is 0.0976. The number of halogens is 1. The van der Waals surface area contributed by atoms with E-state index in [4.69, 9.17) is 38.0 Å². The highest BCUT2D eigenvalue weighted by atomic mass is 35.5. The summed E-state index contributed by atoms with van der Waals surface area (Å²) in [5, 5.41) is 6.33. The summed E-state index contributed by atoms with van der Waals surface area (Å²) in [5.41, 5.74) is 2.44. The molecule has 8 heteroatoms. The molecule has 3 aromatic rings. The van der Waals surface area contributed by atoms with Crippen molar-refractivity contribution in [1.29, 1.82) is 0 Å². The standard InChI is InChI=1S/C25H25ClN2O4S/c1-30-22-14-19(21(26)15-23(22)31-2)16-27-25(33)28-24(29)18-8-10-20(11-9-18)32-13-12-17-6-4-3-5-7-17/h3-11,14-15H,12-13,16H2,1-2H3,(H2,27,28,29,33). The minimum atomic E-state index is -0.318. The van der Waals surface area contributed by atoms with Crippen LogP contribution in [0.2, 0.25) is 5.02 Å². The Morgan fingerprint density at radius 1 is 0.970 bits per heavy atom. The molecule has 2 N–H and O–H groups in total. The van der Waals surface area contributed by atoms with E-state index in [2.05, 4.69) is 22.8 Å². The minimum absolute atomic E-state index is 0.189. The first-order valence-electron chi connectivity index (χ1n) is 10.3. The van der Waals surface area contributed by atoms with E-state index < -0.39 is 0 Å². The molecule has 172 valence electrons. The molecule has 0 unspecified atom stereocenters. The Morgan fingerprint density at radius 3 is 2.30 bits per heavy atom. The lowest BCUT2D eigenvalue weighted by atomic mass is 10.2. The van der Waals surface area contributed by atoms with Crippen molar-refractivity contribution >= 4 is 34.8 Å². The summed E-state index contributed by atoms with van der Waals surface area (Å²) in [6.45, 7) is 0.870. The van der Waals surface area contributed by atoms with Gasteiger partial charge in [-0.15, -0.1) is 0 Å². The second-order valence-electron chi connectivity index (χ2n) is 7.04. The zero-order valence-corrected chi connectivity index (χ0v) is 20.0. The van der Waals surface area contributed by atoms with Crippen LogP contribution in [0.25, 0.3) is 0 Å². The van der Waals surface area contributed by atoms with Crippen LogP contribution in [-0.2, 0) is 13.0 Å². The van der Waals surface area contributed by atoms with E-state index in [1.807, 2.05) is 18.2 Å². The van der Waals surface area contributed by atoms with E-state index >= 15 is 0 Å². The highest BCUT2D eigenvalue weighted by Crippen LogP contribution is 2.32. The van der Waals surface area contributed by atoms with Crippen LogP contribution in [0.15, 0.2) is 66.7 Å². The number of thiocarbonyl (C=S) groups is 1. The minimum Gasteiger partial charge on any atom is -0.493 e. The zero-order valence-electron chi connectivity index (χ0n) is 18.4. The molecule has 0 aliphatic carbocycles. The number of ether oxygens (including phenoxy) is 3. The molecule has 0 bridgehead atoms. The molecular weight excluding hydrogens is 460 g/mol. The van der Waals surface area contributed by atoms with Crippen molar-refractivity contribution in [2.24, 2.45) is 0 Å². The molecule has 0 fully saturated rings. The molecule has 0 atom stereocenters. The average molecular weight is 485 g/mol. The Morgan fingerprint density at radius 2 is 1.64 bits per heavy atom. The number of methoxy groups -OCH3 is 2. The Labute approximate surface area is 203 Å². The first-order chi connectivity index (χ1) is 16.0. The van der Waals surface area contributed by atoms with Crippen molar-refractivity contribution in [3.63, 3.8) is 0 Å². The molecule has 3 aromatic carbocycles. The molecule has 1 amide bonds. The van der Waals surface area contributed by atoms with Gasteiger partial charge in [0.2, 0.25) is 0 Å². The van der Waals surface area contributed by atoms with Crippen LogP contribution in [0.5, 0.6) is 17.2 Å². The summed E-state index contributed by atoms with van der Waals surface area (Å²) < 4.78 is 16.3. The third-order valence-corrected chi connectivity index (χ3v) is 5.44. The van der Waals surface area contributed by atoms with E-state index in [0.29, 0.717) is 41.0 Å². The third-order valence-electron chi connectivity index (χ3n) is 4.84. The fourth-order valence-electron chi connectivity index (χ4n) is 3.06. The lowest BCUT2D eigenvalue weighted by Gasteiger charge is -2.14. The highest BCUT2D eigenvalue weighted by Gasteiger charge is 2.12. The monoisotopic (exact) mass is 484 g/mol. The predicted molar refractivity (Wildman–Crippen MR) is 134 cm³/mol. The van der Waals surface area contributed by atoms with Crippen molar-refractivity contribution in [2.45, 2.75) is 13.0 Å². The molecular formula is C25H25ClN2O4S. The van der Waals surface area contributed by atoms with Crippen LogP contribution in [0.1, 0.15) is 21.5 Å². The van der Waals surface area contributed by atoms with E-state index in [1.54, 1.807) is 50.6 Å². The zero-order chi connectivity index (χ0) is 23.6. The maximum atomic E-state index is 12.5. The molecule has 3 rings (SSSR count). The molecule has 0 spiro atoms. The van der Waals surface area contributed by atoms with Crippen LogP contribution < -0.4 is 24.8 Å². The van der Waals surface area contributed by atoms with Gasteiger partial charge in [0.15, 0.2) is 16.6 Å². The van der Waals surface area contributed by atoms with Crippen LogP contribution in [-0.4, -0.2) is 31.8 Å². The molecule has 0 saturated heterocycles. The number of rotatable bonds is 9. The number of carbonyl (C=O) groups excluding carboxylic acids is 1. The van der Waals surface area contributed by atoms with Crippen molar-refractivity contribution in [1.82, 2.24) is 10.6 Å². The van der Waals surface area contributed by atoms with Gasteiger partial charge in [0.05, 0.1) is 20.8 Å². The maximum absolute atomic E-state index is 12.5. The van der Waals surface area contributed by atoms with E-state index in [-0.39, 0.29) is 11.0 Å². The van der Waals surface area contributed by atoms with Gasteiger partial charge in [-0.3, -0.25) is 10.1 Å². The van der Waals surface area contributed by atoms with Gasteiger partial charge in [0, 0.05) is 29.6 Å². The molecule has 0 saturated carbocycles. The normalized spacial score (nSPS) is 10.3. The first-order valence-corrected chi connectivity index (χ1v) is 11.0. The summed E-state index contributed by atoms with van der Waals surface area (Å²) in [5.74, 6) is 1.47. The van der Waals surface area contributed by atoms with Crippen molar-refractivity contribution in [2.75, 3.05) is 20.8 Å². The van der Waals surface area contributed by atoms with Gasteiger partial charge in [0.25, 0.3) is 5.91 Å². The molecule has 0 aliphatic rings. The largest absolute Gasteiger partial charge is 0.493 e. The molecule has 33 heavy (non-hydrogen) atoms. The van der Waals surface area contributed by atoms with Gasteiger partial charge in [-0.25, -0.2) is 0 Å². The summed E-state index contributed by atoms with van der Waals surface area (Å²) >= 11 is 11.5. The Bertz CT molecular complexity index is 1090. The van der Waals surface area contributed by atoms with Gasteiger partial charge in [-0.1, -0.05) is 41.9 Å². The fourth-order valence-corrected chi connectivity index (χ4v) is 3.45. The van der Waals surface area contributed by atoms with Crippen LogP contribution in [0.3, 0.4) is 0 Å². The summed E-state index contributed by atoms with van der Waals surface area (Å²) in [7, 11) is 3.09. The van der Waals surface area contributed by atoms with Gasteiger partial charge < -0.3 is 19.5 Å². The lowest BCUT2D eigenvalue weighted by Crippen LogP contribution is -2.38. The highest BCUT2D eigenvalue weighted by molar-refractivity contribution is 7.80. The topological polar surface area (TPSA) is 68.8 Å². The van der Waals surface area contributed by atoms with Crippen LogP contribution >= 0.6 is 23.8 Å². The van der Waals surface area contributed by atoms with E-state index in [1.165, 1.54) is 5.56 Å². The number of amides is 1. The van der Waals surface area contributed by atoms with Crippen molar-refractivity contribution in [3.05, 3.63) is 88.4 Å². The Balaban J connectivity index is 1.48. The van der Waals surface area contributed by atoms with Crippen LogP contribution in [0.4, 0.5) is 0 Å². The Hall–Kier alpha value is -3.29. The second kappa shape index (κ2) is 12.1. The number of carbonyl (C=O) groups is 1. The first kappa shape index (κ1) is 24.4. The number of hydrogen-bond donors (Lipinski definition) is 2. The van der Waals surface area contributed by atoms with E-state index in [0.717, 1.165) is 12.0 Å². The van der Waals surface area contributed by atoms with E-state index in [9.17, 15) is 4.79 Å². The molecule has 0 heterocycles. The van der Waals surface area contributed by atoms with Gasteiger partial charge in [0.1, 0.15) is 5.75 Å². The number of hydrogen-bond acceptors (Lipinski definition) is 5. The average Bonchev–Trinajstić information content (AvgIpc) is 2.84. The summed E-state index contributed by atoms with van der Waals surface area (Å²) in [4.78, 5) is 12.5.